The van der Waals surface area contributed by atoms with E-state index in [1.807, 2.05) is 33.9 Å². The van der Waals surface area contributed by atoms with Gasteiger partial charge in [0.1, 0.15) is 25.1 Å². The third-order valence-electron chi connectivity index (χ3n) is 4.70. The summed E-state index contributed by atoms with van der Waals surface area (Å²) in [7, 11) is -2.40. The molecular weight excluding hydrogens is 356 g/mol. The molecule has 7 heteroatoms. The Labute approximate surface area is 157 Å². The second kappa shape index (κ2) is 8.19. The Hall–Kier alpha value is -1.24. The SMILES string of the molecule is CC(C)[C@@H](NC(=O)OC(C)(C)C)C(F)(F)/C=C/C(=O)[Si](C)(C)C(C)(C)C. The highest BCUT2D eigenvalue weighted by molar-refractivity contribution is 7.07. The number of carbonyl (C=O) groups is 2. The van der Waals surface area contributed by atoms with Crippen molar-refractivity contribution in [3.63, 3.8) is 0 Å². The molecule has 1 atom stereocenters. The summed E-state index contributed by atoms with van der Waals surface area (Å²) in [6.07, 6.45) is 0.710. The Kier molecular flexibility index (Phi) is 7.80. The van der Waals surface area contributed by atoms with Crippen LogP contribution in [0.4, 0.5) is 13.6 Å². The van der Waals surface area contributed by atoms with Crippen molar-refractivity contribution in [1.82, 2.24) is 5.32 Å². The smallest absolute Gasteiger partial charge is 0.408 e. The topological polar surface area (TPSA) is 55.4 Å². The average Bonchev–Trinajstić information content (AvgIpc) is 2.38. The quantitative estimate of drug-likeness (QED) is 0.491. The standard InChI is InChI=1S/C19H35F2NO3Si/c1-13(2)15(22-16(24)25-17(3,4)5)19(20,21)12-11-14(23)26(9,10)18(6,7)8/h11-13,15H,1-10H3,(H,22,24)/b12-11+/t15-/m1/s1. The van der Waals surface area contributed by atoms with Crippen LogP contribution in [0.2, 0.25) is 18.1 Å². The molecular formula is C19H35F2NO3Si. The van der Waals surface area contributed by atoms with Crippen molar-refractivity contribution in [2.24, 2.45) is 5.92 Å². The van der Waals surface area contributed by atoms with Crippen LogP contribution in [-0.2, 0) is 9.53 Å². The van der Waals surface area contributed by atoms with E-state index >= 15 is 0 Å². The van der Waals surface area contributed by atoms with Crippen LogP contribution in [0.1, 0.15) is 55.4 Å². The number of alkyl carbamates (subject to hydrolysis) is 1. The van der Waals surface area contributed by atoms with Crippen LogP contribution in [0.25, 0.3) is 0 Å². The molecule has 26 heavy (non-hydrogen) atoms. The number of nitrogens with one attached hydrogen (secondary N) is 1. The summed E-state index contributed by atoms with van der Waals surface area (Å²) in [4.78, 5) is 24.4. The Morgan fingerprint density at radius 2 is 1.50 bits per heavy atom. The van der Waals surface area contributed by atoms with Gasteiger partial charge in [-0.15, -0.1) is 0 Å². The summed E-state index contributed by atoms with van der Waals surface area (Å²) in [5.41, 5.74) is -0.783. The molecule has 0 saturated heterocycles. The lowest BCUT2D eigenvalue weighted by atomic mass is 9.97. The summed E-state index contributed by atoms with van der Waals surface area (Å²) < 4.78 is 34.4. The molecule has 0 unspecified atom stereocenters. The fourth-order valence-corrected chi connectivity index (χ4v) is 3.25. The van der Waals surface area contributed by atoms with Crippen LogP contribution in [-0.4, -0.2) is 37.1 Å². The molecule has 0 aliphatic carbocycles. The minimum atomic E-state index is -3.37. The Bertz CT molecular complexity index is 544. The monoisotopic (exact) mass is 391 g/mol. The largest absolute Gasteiger partial charge is 0.444 e. The number of carbonyl (C=O) groups excluding carboxylic acids is 2. The molecule has 152 valence electrons. The van der Waals surface area contributed by atoms with Crippen LogP contribution >= 0.6 is 0 Å². The Balaban J connectivity index is 5.40. The predicted octanol–water partition coefficient (Wildman–Crippen LogP) is 5.34. The Morgan fingerprint density at radius 3 is 1.85 bits per heavy atom. The van der Waals surface area contributed by atoms with Crippen molar-refractivity contribution in [3.8, 4) is 0 Å². The number of rotatable bonds is 6. The first-order chi connectivity index (χ1) is 11.3. The van der Waals surface area contributed by atoms with Crippen molar-refractivity contribution in [2.75, 3.05) is 0 Å². The van der Waals surface area contributed by atoms with Crippen molar-refractivity contribution in [3.05, 3.63) is 12.2 Å². The van der Waals surface area contributed by atoms with Gasteiger partial charge < -0.3 is 14.8 Å². The first kappa shape index (κ1) is 24.8. The fourth-order valence-electron chi connectivity index (χ4n) is 2.01. The lowest BCUT2D eigenvalue weighted by Crippen LogP contribution is -2.51. The lowest BCUT2D eigenvalue weighted by Gasteiger charge is -2.34. The molecule has 0 aromatic heterocycles. The number of hydrogen-bond donors (Lipinski definition) is 1. The van der Waals surface area contributed by atoms with Crippen molar-refractivity contribution in [1.29, 1.82) is 0 Å². The molecule has 0 rings (SSSR count). The molecule has 4 nitrogen and oxygen atoms in total. The van der Waals surface area contributed by atoms with E-state index in [0.29, 0.717) is 6.08 Å². The van der Waals surface area contributed by atoms with E-state index in [2.05, 4.69) is 5.32 Å². The van der Waals surface area contributed by atoms with Crippen LogP contribution in [0, 0.1) is 5.92 Å². The highest BCUT2D eigenvalue weighted by atomic mass is 28.3. The van der Waals surface area contributed by atoms with Gasteiger partial charge in [-0.25, -0.2) is 4.79 Å². The van der Waals surface area contributed by atoms with E-state index < -0.39 is 37.7 Å². The molecule has 0 radical (unpaired) electrons. The molecule has 0 aromatic rings. The predicted molar refractivity (Wildman–Crippen MR) is 104 cm³/mol. The lowest BCUT2D eigenvalue weighted by molar-refractivity contribution is -0.109. The van der Waals surface area contributed by atoms with Gasteiger partial charge in [0.2, 0.25) is 0 Å². The minimum Gasteiger partial charge on any atom is -0.444 e. The third kappa shape index (κ3) is 7.17. The van der Waals surface area contributed by atoms with Gasteiger partial charge in [0.05, 0.1) is 0 Å². The molecule has 0 aliphatic rings. The minimum absolute atomic E-state index is 0.240. The van der Waals surface area contributed by atoms with Gasteiger partial charge in [-0.05, 0) is 43.9 Å². The van der Waals surface area contributed by atoms with Gasteiger partial charge in [-0.2, -0.15) is 8.78 Å². The number of ether oxygens (including phenoxy) is 1. The van der Waals surface area contributed by atoms with E-state index in [1.54, 1.807) is 34.6 Å². The maximum Gasteiger partial charge on any atom is 0.408 e. The highest BCUT2D eigenvalue weighted by Crippen LogP contribution is 2.37. The van der Waals surface area contributed by atoms with E-state index in [4.69, 9.17) is 4.74 Å². The molecule has 0 saturated carbocycles. The molecule has 1 N–H and O–H groups in total. The molecule has 0 aliphatic heterocycles. The summed E-state index contributed by atoms with van der Waals surface area (Å²) in [6.45, 7) is 17.7. The maximum absolute atomic E-state index is 14.7. The molecule has 1 amide bonds. The fraction of sp³-hybridized carbons (Fsp3) is 0.789. The molecule has 0 fully saturated rings. The molecule has 0 spiro atoms. The van der Waals surface area contributed by atoms with Crippen LogP contribution in [0.15, 0.2) is 12.2 Å². The van der Waals surface area contributed by atoms with Crippen molar-refractivity contribution in [2.45, 2.75) is 91.1 Å². The van der Waals surface area contributed by atoms with E-state index in [9.17, 15) is 18.4 Å². The van der Waals surface area contributed by atoms with Crippen LogP contribution < -0.4 is 5.32 Å². The second-order valence-corrected chi connectivity index (χ2v) is 14.9. The first-order valence-electron chi connectivity index (χ1n) is 8.92. The first-order valence-corrected chi connectivity index (χ1v) is 11.9. The van der Waals surface area contributed by atoms with Gasteiger partial charge in [0, 0.05) is 0 Å². The van der Waals surface area contributed by atoms with Gasteiger partial charge in [-0.3, -0.25) is 0 Å². The van der Waals surface area contributed by atoms with Gasteiger partial charge >= 0.3 is 6.09 Å². The Morgan fingerprint density at radius 1 is 1.04 bits per heavy atom. The number of hydrogen-bond acceptors (Lipinski definition) is 3. The van der Waals surface area contributed by atoms with Gasteiger partial charge in [0.25, 0.3) is 5.92 Å². The van der Waals surface area contributed by atoms with Crippen molar-refractivity contribution < 1.29 is 23.1 Å². The summed E-state index contributed by atoms with van der Waals surface area (Å²) >= 11 is 0. The number of allylic oxidation sites excluding steroid dienone is 1. The summed E-state index contributed by atoms with van der Waals surface area (Å²) in [5.74, 6) is -3.92. The summed E-state index contributed by atoms with van der Waals surface area (Å²) in [6, 6.07) is -1.47. The third-order valence-corrected chi connectivity index (χ3v) is 9.85. The van der Waals surface area contributed by atoms with Gasteiger partial charge in [-0.1, -0.05) is 47.7 Å². The van der Waals surface area contributed by atoms with Crippen LogP contribution in [0.3, 0.4) is 0 Å². The normalized spacial score (nSPS) is 15.3. The highest BCUT2D eigenvalue weighted by Gasteiger charge is 2.44. The zero-order valence-electron chi connectivity index (χ0n) is 17.8. The van der Waals surface area contributed by atoms with E-state index in [1.165, 1.54) is 0 Å². The zero-order valence-corrected chi connectivity index (χ0v) is 18.8. The maximum atomic E-state index is 14.7. The van der Waals surface area contributed by atoms with Gasteiger partial charge in [0.15, 0.2) is 0 Å². The zero-order chi connectivity index (χ0) is 21.1. The van der Waals surface area contributed by atoms with Crippen molar-refractivity contribution >= 4 is 19.6 Å². The number of alkyl halides is 2. The number of halogens is 2. The second-order valence-electron chi connectivity index (χ2n) is 9.62. The average molecular weight is 392 g/mol. The van der Waals surface area contributed by atoms with E-state index in [0.717, 1.165) is 6.08 Å². The number of amides is 1. The molecule has 0 heterocycles. The molecule has 0 aromatic carbocycles. The van der Waals surface area contributed by atoms with Crippen LogP contribution in [0.5, 0.6) is 0 Å². The van der Waals surface area contributed by atoms with E-state index in [-0.39, 0.29) is 10.4 Å². The molecule has 0 bridgehead atoms. The summed E-state index contributed by atoms with van der Waals surface area (Å²) in [5, 5.41) is 1.76.